The molecule has 0 spiro atoms. The largest absolute Gasteiger partial charge is 0.480 e. The summed E-state index contributed by atoms with van der Waals surface area (Å²) < 4.78 is 5.89. The van der Waals surface area contributed by atoms with Crippen LogP contribution >= 0.6 is 0 Å². The van der Waals surface area contributed by atoms with Crippen molar-refractivity contribution in [2.45, 2.75) is 18.4 Å². The molecule has 2 heterocycles. The van der Waals surface area contributed by atoms with Crippen LogP contribution in [0, 0.1) is 0 Å². The molecule has 4 aromatic rings. The van der Waals surface area contributed by atoms with Gasteiger partial charge in [-0.15, -0.1) is 0 Å². The summed E-state index contributed by atoms with van der Waals surface area (Å²) in [5.74, 6) is 0.756. The molecular formula is C27H27N3O2. The molecule has 32 heavy (non-hydrogen) atoms. The lowest BCUT2D eigenvalue weighted by Crippen LogP contribution is -2.39. The van der Waals surface area contributed by atoms with Crippen LogP contribution in [0.5, 0.6) is 5.75 Å². The molecule has 3 aromatic carbocycles. The standard InChI is InChI=1S/C27H27N3O2/c1-30(2)20-13-11-18(12-14-20)22(23-17-28-24-9-5-4-8-21(23)24)16-29-27(31)26-15-19-7-3-6-10-25(19)32-26/h3-14,17,22,26,28H,15-16H2,1-2H3,(H,29,31). The number of para-hydroxylation sites is 2. The van der Waals surface area contributed by atoms with Crippen LogP contribution in [0.25, 0.3) is 10.9 Å². The van der Waals surface area contributed by atoms with Gasteiger partial charge in [-0.2, -0.15) is 0 Å². The minimum absolute atomic E-state index is 0.0232. The maximum absolute atomic E-state index is 13.0. The number of H-pyrrole nitrogens is 1. The lowest BCUT2D eigenvalue weighted by Gasteiger charge is -2.21. The Morgan fingerprint density at radius 1 is 1.06 bits per heavy atom. The maximum Gasteiger partial charge on any atom is 0.261 e. The minimum Gasteiger partial charge on any atom is -0.480 e. The van der Waals surface area contributed by atoms with Crippen LogP contribution in [-0.2, 0) is 11.2 Å². The molecule has 0 fully saturated rings. The lowest BCUT2D eigenvalue weighted by atomic mass is 9.90. The van der Waals surface area contributed by atoms with E-state index in [2.05, 4.69) is 57.8 Å². The first kappa shape index (κ1) is 20.2. The highest BCUT2D eigenvalue weighted by atomic mass is 16.5. The molecule has 2 atom stereocenters. The summed E-state index contributed by atoms with van der Waals surface area (Å²) in [4.78, 5) is 18.4. The van der Waals surface area contributed by atoms with Crippen molar-refractivity contribution in [3.63, 3.8) is 0 Å². The zero-order valence-corrected chi connectivity index (χ0v) is 18.3. The average molecular weight is 426 g/mol. The summed E-state index contributed by atoms with van der Waals surface area (Å²) in [6.07, 6.45) is 2.19. The van der Waals surface area contributed by atoms with Gasteiger partial charge in [0.05, 0.1) is 0 Å². The summed E-state index contributed by atoms with van der Waals surface area (Å²) in [7, 11) is 4.07. The monoisotopic (exact) mass is 425 g/mol. The summed E-state index contributed by atoms with van der Waals surface area (Å²) in [5, 5.41) is 4.33. The van der Waals surface area contributed by atoms with Crippen LogP contribution in [0.3, 0.4) is 0 Å². The van der Waals surface area contributed by atoms with Crippen molar-refractivity contribution in [2.24, 2.45) is 0 Å². The van der Waals surface area contributed by atoms with E-state index in [1.54, 1.807) is 0 Å². The highest BCUT2D eigenvalue weighted by molar-refractivity contribution is 5.85. The first-order valence-corrected chi connectivity index (χ1v) is 11.0. The van der Waals surface area contributed by atoms with Gasteiger partial charge in [0, 0.05) is 55.8 Å². The van der Waals surface area contributed by atoms with Gasteiger partial charge in [0.2, 0.25) is 0 Å². The van der Waals surface area contributed by atoms with E-state index in [4.69, 9.17) is 4.74 Å². The second-order valence-electron chi connectivity index (χ2n) is 8.49. The summed E-state index contributed by atoms with van der Waals surface area (Å²) in [6.45, 7) is 0.498. The lowest BCUT2D eigenvalue weighted by molar-refractivity contribution is -0.127. The molecule has 2 N–H and O–H groups in total. The molecule has 1 amide bonds. The third-order valence-electron chi connectivity index (χ3n) is 6.23. The highest BCUT2D eigenvalue weighted by Crippen LogP contribution is 2.32. The van der Waals surface area contributed by atoms with Gasteiger partial charge in [0.1, 0.15) is 5.75 Å². The molecule has 5 rings (SSSR count). The number of hydrogen-bond donors (Lipinski definition) is 2. The molecule has 2 unspecified atom stereocenters. The van der Waals surface area contributed by atoms with E-state index < -0.39 is 6.10 Å². The zero-order valence-electron chi connectivity index (χ0n) is 18.3. The minimum atomic E-state index is -0.480. The Balaban J connectivity index is 1.39. The molecule has 0 radical (unpaired) electrons. The van der Waals surface area contributed by atoms with E-state index in [1.165, 1.54) is 10.9 Å². The van der Waals surface area contributed by atoms with E-state index in [0.717, 1.165) is 28.1 Å². The maximum atomic E-state index is 13.0. The van der Waals surface area contributed by atoms with Crippen LogP contribution in [0.1, 0.15) is 22.6 Å². The van der Waals surface area contributed by atoms with Crippen molar-refractivity contribution in [3.8, 4) is 5.75 Å². The predicted octanol–water partition coefficient (Wildman–Crippen LogP) is 4.49. The summed E-state index contributed by atoms with van der Waals surface area (Å²) in [6, 6.07) is 24.7. The Kier molecular flexibility index (Phi) is 5.31. The second-order valence-corrected chi connectivity index (χ2v) is 8.49. The molecular weight excluding hydrogens is 398 g/mol. The van der Waals surface area contributed by atoms with Gasteiger partial charge < -0.3 is 19.9 Å². The van der Waals surface area contributed by atoms with Crippen molar-refractivity contribution in [1.29, 1.82) is 0 Å². The van der Waals surface area contributed by atoms with Crippen LogP contribution in [0.4, 0.5) is 5.69 Å². The van der Waals surface area contributed by atoms with Gasteiger partial charge in [0.25, 0.3) is 5.91 Å². The Labute approximate surface area is 188 Å². The molecule has 1 aliphatic heterocycles. The fourth-order valence-electron chi connectivity index (χ4n) is 4.44. The van der Waals surface area contributed by atoms with Gasteiger partial charge in [-0.05, 0) is 41.0 Å². The topological polar surface area (TPSA) is 57.4 Å². The van der Waals surface area contributed by atoms with E-state index in [1.807, 2.05) is 50.5 Å². The number of carbonyl (C=O) groups excluding carboxylic acids is 1. The number of benzene rings is 3. The van der Waals surface area contributed by atoms with Crippen LogP contribution in [0.2, 0.25) is 0 Å². The van der Waals surface area contributed by atoms with Crippen LogP contribution < -0.4 is 15.0 Å². The normalized spacial score (nSPS) is 15.8. The SMILES string of the molecule is CN(C)c1ccc(C(CNC(=O)C2Cc3ccccc3O2)c2c[nH]c3ccccc23)cc1. The first-order chi connectivity index (χ1) is 15.6. The number of carbonyl (C=O) groups is 1. The number of anilines is 1. The Morgan fingerprint density at radius 3 is 2.59 bits per heavy atom. The van der Waals surface area contributed by atoms with Gasteiger partial charge in [-0.25, -0.2) is 0 Å². The molecule has 1 aromatic heterocycles. The van der Waals surface area contributed by atoms with Crippen molar-refractivity contribution in [3.05, 3.63) is 95.7 Å². The number of aromatic nitrogens is 1. The number of fused-ring (bicyclic) bond motifs is 2. The smallest absolute Gasteiger partial charge is 0.261 e. The number of hydrogen-bond acceptors (Lipinski definition) is 3. The van der Waals surface area contributed by atoms with Gasteiger partial charge in [-0.1, -0.05) is 48.5 Å². The number of aromatic amines is 1. The van der Waals surface area contributed by atoms with E-state index >= 15 is 0 Å². The molecule has 5 nitrogen and oxygen atoms in total. The molecule has 5 heteroatoms. The number of nitrogens with one attached hydrogen (secondary N) is 2. The number of rotatable bonds is 6. The second kappa shape index (κ2) is 8.42. The van der Waals surface area contributed by atoms with E-state index in [0.29, 0.717) is 13.0 Å². The molecule has 0 saturated heterocycles. The van der Waals surface area contributed by atoms with Gasteiger partial charge >= 0.3 is 0 Å². The van der Waals surface area contributed by atoms with Crippen LogP contribution in [0.15, 0.2) is 79.0 Å². The predicted molar refractivity (Wildman–Crippen MR) is 128 cm³/mol. The average Bonchev–Trinajstić information content (AvgIpc) is 3.44. The Morgan fingerprint density at radius 2 is 1.81 bits per heavy atom. The molecule has 0 saturated carbocycles. The van der Waals surface area contributed by atoms with Gasteiger partial charge in [0.15, 0.2) is 6.10 Å². The van der Waals surface area contributed by atoms with E-state index in [9.17, 15) is 4.79 Å². The third kappa shape index (κ3) is 3.82. The highest BCUT2D eigenvalue weighted by Gasteiger charge is 2.29. The quantitative estimate of drug-likeness (QED) is 0.479. The van der Waals surface area contributed by atoms with Crippen molar-refractivity contribution < 1.29 is 9.53 Å². The third-order valence-corrected chi connectivity index (χ3v) is 6.23. The summed E-state index contributed by atoms with van der Waals surface area (Å²) >= 11 is 0. The van der Waals surface area contributed by atoms with E-state index in [-0.39, 0.29) is 11.8 Å². The van der Waals surface area contributed by atoms with Crippen LogP contribution in [-0.4, -0.2) is 37.6 Å². The fourth-order valence-corrected chi connectivity index (χ4v) is 4.44. The summed E-state index contributed by atoms with van der Waals surface area (Å²) in [5.41, 5.74) is 5.66. The fraction of sp³-hybridized carbons (Fsp3) is 0.222. The van der Waals surface area contributed by atoms with Crippen molar-refractivity contribution in [2.75, 3.05) is 25.5 Å². The van der Waals surface area contributed by atoms with Crippen molar-refractivity contribution >= 4 is 22.5 Å². The first-order valence-electron chi connectivity index (χ1n) is 11.0. The number of ether oxygens (including phenoxy) is 1. The molecule has 162 valence electrons. The number of nitrogens with zero attached hydrogens (tertiary/aromatic N) is 1. The molecule has 0 bridgehead atoms. The zero-order chi connectivity index (χ0) is 22.1. The Hall–Kier alpha value is -3.73. The van der Waals surface area contributed by atoms with Gasteiger partial charge in [-0.3, -0.25) is 4.79 Å². The Bertz CT molecular complexity index is 1220. The van der Waals surface area contributed by atoms with Crippen molar-refractivity contribution in [1.82, 2.24) is 10.3 Å². The number of amides is 1. The molecule has 1 aliphatic rings. The molecule has 0 aliphatic carbocycles.